The standard InChI is InChI=1S/C16H23N3O2/c1-2-5-11-9-13(19-18-11)16(21)17-15-12-7-4-3-6-10(12)8-14(15)20/h3-4,6-7,11,13-15,18-20H,2,5,8-9H2,1H3,(H,17,21)/t11?,13?,14-,15+/m0/s1. The third-order valence-corrected chi connectivity index (χ3v) is 4.44. The first-order valence-corrected chi connectivity index (χ1v) is 7.76. The van der Waals surface area contributed by atoms with E-state index in [2.05, 4.69) is 23.1 Å². The maximum absolute atomic E-state index is 12.4. The van der Waals surface area contributed by atoms with E-state index >= 15 is 0 Å². The van der Waals surface area contributed by atoms with Crippen LogP contribution in [0.5, 0.6) is 0 Å². The van der Waals surface area contributed by atoms with Crippen molar-refractivity contribution >= 4 is 5.91 Å². The second kappa shape index (κ2) is 6.13. The molecular formula is C16H23N3O2. The summed E-state index contributed by atoms with van der Waals surface area (Å²) >= 11 is 0. The molecule has 114 valence electrons. The molecule has 1 saturated heterocycles. The van der Waals surface area contributed by atoms with E-state index < -0.39 is 6.10 Å². The van der Waals surface area contributed by atoms with Crippen molar-refractivity contribution in [1.82, 2.24) is 16.2 Å². The smallest absolute Gasteiger partial charge is 0.239 e. The zero-order chi connectivity index (χ0) is 14.8. The predicted octanol–water partition coefficient (Wildman–Crippen LogP) is 0.796. The van der Waals surface area contributed by atoms with Gasteiger partial charge in [0.1, 0.15) is 6.04 Å². The Hall–Kier alpha value is -1.43. The molecule has 4 atom stereocenters. The molecule has 0 spiro atoms. The number of nitrogens with one attached hydrogen (secondary N) is 3. The van der Waals surface area contributed by atoms with E-state index in [0.717, 1.165) is 30.4 Å². The molecule has 3 rings (SSSR count). The van der Waals surface area contributed by atoms with Gasteiger partial charge in [-0.1, -0.05) is 37.6 Å². The second-order valence-electron chi connectivity index (χ2n) is 6.02. The van der Waals surface area contributed by atoms with E-state index in [-0.39, 0.29) is 18.0 Å². The zero-order valence-electron chi connectivity index (χ0n) is 12.3. The molecule has 5 heteroatoms. The monoisotopic (exact) mass is 289 g/mol. The van der Waals surface area contributed by atoms with E-state index in [0.29, 0.717) is 12.5 Å². The average molecular weight is 289 g/mol. The second-order valence-corrected chi connectivity index (χ2v) is 6.02. The third kappa shape index (κ3) is 2.95. The third-order valence-electron chi connectivity index (χ3n) is 4.44. The Morgan fingerprint density at radius 2 is 2.19 bits per heavy atom. The fourth-order valence-corrected chi connectivity index (χ4v) is 3.33. The van der Waals surface area contributed by atoms with Gasteiger partial charge in [0.25, 0.3) is 0 Å². The summed E-state index contributed by atoms with van der Waals surface area (Å²) < 4.78 is 0. The molecule has 1 amide bonds. The fraction of sp³-hybridized carbons (Fsp3) is 0.562. The maximum atomic E-state index is 12.4. The average Bonchev–Trinajstić information content (AvgIpc) is 3.05. The van der Waals surface area contributed by atoms with Crippen molar-refractivity contribution in [2.45, 2.75) is 56.8 Å². The lowest BCUT2D eigenvalue weighted by Gasteiger charge is -2.20. The van der Waals surface area contributed by atoms with Gasteiger partial charge in [-0.25, -0.2) is 5.43 Å². The van der Waals surface area contributed by atoms with Gasteiger partial charge >= 0.3 is 0 Å². The Kier molecular flexibility index (Phi) is 4.24. The molecule has 1 heterocycles. The summed E-state index contributed by atoms with van der Waals surface area (Å²) in [5, 5.41) is 13.2. The molecule has 0 bridgehead atoms. The summed E-state index contributed by atoms with van der Waals surface area (Å²) in [7, 11) is 0. The quantitative estimate of drug-likeness (QED) is 0.661. The zero-order valence-corrected chi connectivity index (χ0v) is 12.3. The van der Waals surface area contributed by atoms with E-state index in [4.69, 9.17) is 0 Å². The van der Waals surface area contributed by atoms with E-state index in [1.54, 1.807) is 0 Å². The topological polar surface area (TPSA) is 73.4 Å². The summed E-state index contributed by atoms with van der Waals surface area (Å²) in [6.07, 6.45) is 3.03. The molecule has 1 aliphatic carbocycles. The van der Waals surface area contributed by atoms with Gasteiger partial charge in [-0.2, -0.15) is 0 Å². The van der Waals surface area contributed by atoms with Crippen LogP contribution in [-0.4, -0.2) is 29.2 Å². The number of fused-ring (bicyclic) bond motifs is 1. The number of amides is 1. The molecule has 5 nitrogen and oxygen atoms in total. The van der Waals surface area contributed by atoms with Gasteiger partial charge in [-0.05, 0) is 24.0 Å². The Bertz CT molecular complexity index is 520. The fourth-order valence-electron chi connectivity index (χ4n) is 3.33. The molecule has 2 aliphatic rings. The van der Waals surface area contributed by atoms with Crippen molar-refractivity contribution in [2.75, 3.05) is 0 Å². The molecule has 1 aromatic carbocycles. The van der Waals surface area contributed by atoms with Crippen LogP contribution < -0.4 is 16.2 Å². The van der Waals surface area contributed by atoms with Crippen LogP contribution in [0.15, 0.2) is 24.3 Å². The van der Waals surface area contributed by atoms with Gasteiger partial charge in [0.2, 0.25) is 5.91 Å². The first-order chi connectivity index (χ1) is 10.2. The number of hydrogen-bond donors (Lipinski definition) is 4. The Morgan fingerprint density at radius 1 is 1.38 bits per heavy atom. The number of aliphatic hydroxyl groups excluding tert-OH is 1. The molecule has 4 N–H and O–H groups in total. The van der Waals surface area contributed by atoms with Crippen LogP contribution in [0.25, 0.3) is 0 Å². The van der Waals surface area contributed by atoms with Gasteiger partial charge in [0, 0.05) is 12.5 Å². The van der Waals surface area contributed by atoms with Crippen molar-refractivity contribution in [3.8, 4) is 0 Å². The number of rotatable bonds is 4. The number of benzene rings is 1. The molecule has 2 unspecified atom stereocenters. The molecule has 1 aromatic rings. The highest BCUT2D eigenvalue weighted by Gasteiger charge is 2.35. The van der Waals surface area contributed by atoms with Gasteiger partial charge in [-0.3, -0.25) is 10.2 Å². The number of aliphatic hydroxyl groups is 1. The first kappa shape index (κ1) is 14.5. The van der Waals surface area contributed by atoms with Crippen LogP contribution in [0, 0.1) is 0 Å². The molecule has 1 aliphatic heterocycles. The van der Waals surface area contributed by atoms with Crippen LogP contribution in [0.4, 0.5) is 0 Å². The van der Waals surface area contributed by atoms with Crippen LogP contribution in [0.2, 0.25) is 0 Å². The van der Waals surface area contributed by atoms with Crippen LogP contribution >= 0.6 is 0 Å². The number of carbonyl (C=O) groups is 1. The van der Waals surface area contributed by atoms with Gasteiger partial charge < -0.3 is 10.4 Å². The maximum Gasteiger partial charge on any atom is 0.239 e. The van der Waals surface area contributed by atoms with Gasteiger partial charge in [0.15, 0.2) is 0 Å². The van der Waals surface area contributed by atoms with Gasteiger partial charge in [-0.15, -0.1) is 0 Å². The molecular weight excluding hydrogens is 266 g/mol. The highest BCUT2D eigenvalue weighted by Crippen LogP contribution is 2.31. The van der Waals surface area contributed by atoms with Crippen molar-refractivity contribution in [3.63, 3.8) is 0 Å². The minimum Gasteiger partial charge on any atom is -0.390 e. The largest absolute Gasteiger partial charge is 0.390 e. The Balaban J connectivity index is 1.63. The van der Waals surface area contributed by atoms with Crippen molar-refractivity contribution in [2.24, 2.45) is 0 Å². The lowest BCUT2D eigenvalue weighted by Crippen LogP contribution is -2.46. The normalized spacial score (nSPS) is 31.1. The number of hydrazine groups is 1. The van der Waals surface area contributed by atoms with Crippen molar-refractivity contribution in [1.29, 1.82) is 0 Å². The first-order valence-electron chi connectivity index (χ1n) is 7.76. The molecule has 1 fully saturated rings. The Morgan fingerprint density at radius 3 is 3.00 bits per heavy atom. The predicted molar refractivity (Wildman–Crippen MR) is 80.4 cm³/mol. The molecule has 0 saturated carbocycles. The summed E-state index contributed by atoms with van der Waals surface area (Å²) in [5.41, 5.74) is 8.39. The minimum atomic E-state index is -0.535. The minimum absolute atomic E-state index is 0.0399. The molecule has 0 aromatic heterocycles. The van der Waals surface area contributed by atoms with E-state index in [1.165, 1.54) is 0 Å². The lowest BCUT2D eigenvalue weighted by atomic mass is 10.0. The summed E-state index contributed by atoms with van der Waals surface area (Å²) in [6, 6.07) is 7.75. The van der Waals surface area contributed by atoms with Crippen LogP contribution in [0.1, 0.15) is 43.4 Å². The SMILES string of the molecule is CCCC1CC(C(=O)N[C@@H]2c3ccccc3C[C@@H]2O)NN1. The highest BCUT2D eigenvalue weighted by molar-refractivity contribution is 5.82. The summed E-state index contributed by atoms with van der Waals surface area (Å²) in [4.78, 5) is 12.4. The lowest BCUT2D eigenvalue weighted by molar-refractivity contribution is -0.124. The number of hydrogen-bond acceptors (Lipinski definition) is 4. The summed E-state index contributed by atoms with van der Waals surface area (Å²) in [5.74, 6) is -0.0399. The van der Waals surface area contributed by atoms with Crippen molar-refractivity contribution in [3.05, 3.63) is 35.4 Å². The van der Waals surface area contributed by atoms with Crippen LogP contribution in [0.3, 0.4) is 0 Å². The Labute approximate surface area is 125 Å². The van der Waals surface area contributed by atoms with E-state index in [1.807, 2.05) is 24.3 Å². The molecule has 21 heavy (non-hydrogen) atoms. The number of carbonyl (C=O) groups excluding carboxylic acids is 1. The van der Waals surface area contributed by atoms with Crippen molar-refractivity contribution < 1.29 is 9.90 Å². The highest BCUT2D eigenvalue weighted by atomic mass is 16.3. The van der Waals surface area contributed by atoms with Crippen LogP contribution in [-0.2, 0) is 11.2 Å². The van der Waals surface area contributed by atoms with E-state index in [9.17, 15) is 9.90 Å². The molecule has 0 radical (unpaired) electrons. The summed E-state index contributed by atoms with van der Waals surface area (Å²) in [6.45, 7) is 2.14. The van der Waals surface area contributed by atoms with Gasteiger partial charge in [0.05, 0.1) is 12.1 Å².